The molecular formula is C15H28. The largest absolute Gasteiger partial charge is 0.103 e. The van der Waals surface area contributed by atoms with Crippen molar-refractivity contribution in [2.45, 2.75) is 65.2 Å². The van der Waals surface area contributed by atoms with Gasteiger partial charge >= 0.3 is 0 Å². The zero-order chi connectivity index (χ0) is 11.5. The molecule has 0 bridgehead atoms. The highest BCUT2D eigenvalue weighted by atomic mass is 14.1. The summed E-state index contributed by atoms with van der Waals surface area (Å²) in [6.45, 7) is 12.2. The third-order valence-corrected chi connectivity index (χ3v) is 2.91. The lowest BCUT2D eigenvalue weighted by Gasteiger charge is -2.10. The van der Waals surface area contributed by atoms with Gasteiger partial charge in [0.1, 0.15) is 0 Å². The summed E-state index contributed by atoms with van der Waals surface area (Å²) in [4.78, 5) is 0. The number of unbranched alkanes of at least 4 members (excludes halogenated alkanes) is 3. The molecule has 0 fully saturated rings. The Morgan fingerprint density at radius 3 is 2.40 bits per heavy atom. The first-order valence-corrected chi connectivity index (χ1v) is 6.42. The number of rotatable bonds is 10. The minimum atomic E-state index is 0.896. The van der Waals surface area contributed by atoms with E-state index in [4.69, 9.17) is 0 Å². The molecule has 0 aromatic heterocycles. The van der Waals surface area contributed by atoms with E-state index in [2.05, 4.69) is 27.0 Å². The summed E-state index contributed by atoms with van der Waals surface area (Å²) in [5, 5.41) is 0. The Bertz CT molecular complexity index is 167. The van der Waals surface area contributed by atoms with Gasteiger partial charge in [0.15, 0.2) is 0 Å². The molecule has 0 saturated carbocycles. The molecule has 0 aromatic carbocycles. The van der Waals surface area contributed by atoms with Gasteiger partial charge in [-0.05, 0) is 38.5 Å². The van der Waals surface area contributed by atoms with Crippen LogP contribution in [0.5, 0.6) is 0 Å². The molecule has 0 amide bonds. The van der Waals surface area contributed by atoms with Gasteiger partial charge in [0, 0.05) is 0 Å². The van der Waals surface area contributed by atoms with Crippen molar-refractivity contribution >= 4 is 0 Å². The van der Waals surface area contributed by atoms with E-state index in [1.165, 1.54) is 56.9 Å². The predicted octanol–water partition coefficient (Wildman–Crippen LogP) is 5.51. The summed E-state index contributed by atoms with van der Waals surface area (Å²) in [5.41, 5.74) is 1.33. The van der Waals surface area contributed by atoms with Gasteiger partial charge < -0.3 is 0 Å². The summed E-state index contributed by atoms with van der Waals surface area (Å²) in [5.74, 6) is 0.896. The van der Waals surface area contributed by atoms with Crippen LogP contribution in [0.2, 0.25) is 0 Å². The molecule has 0 spiro atoms. The SMILES string of the molecule is C=CCCCCCC(C)CCCC(=C)C. The quantitative estimate of drug-likeness (QED) is 0.328. The van der Waals surface area contributed by atoms with Crippen LogP contribution in [-0.2, 0) is 0 Å². The average Bonchev–Trinajstić information content (AvgIpc) is 2.17. The van der Waals surface area contributed by atoms with Crippen molar-refractivity contribution in [3.05, 3.63) is 24.8 Å². The van der Waals surface area contributed by atoms with Crippen LogP contribution in [0.4, 0.5) is 0 Å². The Balaban J connectivity index is 3.21. The molecule has 0 nitrogen and oxygen atoms in total. The number of allylic oxidation sites excluding steroid dienone is 2. The third-order valence-electron chi connectivity index (χ3n) is 2.91. The number of hydrogen-bond acceptors (Lipinski definition) is 0. The predicted molar refractivity (Wildman–Crippen MR) is 71.1 cm³/mol. The Hall–Kier alpha value is -0.520. The molecule has 1 atom stereocenters. The Morgan fingerprint density at radius 2 is 1.80 bits per heavy atom. The molecule has 0 heteroatoms. The van der Waals surface area contributed by atoms with Gasteiger partial charge in [-0.1, -0.05) is 44.3 Å². The van der Waals surface area contributed by atoms with Crippen LogP contribution >= 0.6 is 0 Å². The summed E-state index contributed by atoms with van der Waals surface area (Å²) in [6.07, 6.45) is 12.6. The van der Waals surface area contributed by atoms with Crippen LogP contribution in [0, 0.1) is 5.92 Å². The Labute approximate surface area is 96.5 Å². The van der Waals surface area contributed by atoms with Crippen LogP contribution in [-0.4, -0.2) is 0 Å². The molecule has 0 N–H and O–H groups in total. The molecule has 0 heterocycles. The van der Waals surface area contributed by atoms with Crippen molar-refractivity contribution in [1.29, 1.82) is 0 Å². The molecule has 88 valence electrons. The van der Waals surface area contributed by atoms with E-state index < -0.39 is 0 Å². The first-order chi connectivity index (χ1) is 7.16. The van der Waals surface area contributed by atoms with Crippen LogP contribution in [0.25, 0.3) is 0 Å². The topological polar surface area (TPSA) is 0 Å². The van der Waals surface area contributed by atoms with Crippen LogP contribution in [0.15, 0.2) is 24.8 Å². The summed E-state index contributed by atoms with van der Waals surface area (Å²) in [7, 11) is 0. The molecule has 1 unspecified atom stereocenters. The fourth-order valence-corrected chi connectivity index (χ4v) is 1.85. The van der Waals surface area contributed by atoms with E-state index in [1.54, 1.807) is 0 Å². The van der Waals surface area contributed by atoms with Crippen molar-refractivity contribution in [2.75, 3.05) is 0 Å². The van der Waals surface area contributed by atoms with E-state index >= 15 is 0 Å². The van der Waals surface area contributed by atoms with E-state index in [0.29, 0.717) is 0 Å². The van der Waals surface area contributed by atoms with Crippen molar-refractivity contribution < 1.29 is 0 Å². The highest BCUT2D eigenvalue weighted by molar-refractivity contribution is 4.87. The highest BCUT2D eigenvalue weighted by Crippen LogP contribution is 2.17. The van der Waals surface area contributed by atoms with Gasteiger partial charge in [0.25, 0.3) is 0 Å². The van der Waals surface area contributed by atoms with Crippen molar-refractivity contribution in [2.24, 2.45) is 5.92 Å². The second-order valence-corrected chi connectivity index (χ2v) is 4.88. The van der Waals surface area contributed by atoms with Gasteiger partial charge in [-0.2, -0.15) is 0 Å². The van der Waals surface area contributed by atoms with E-state index in [9.17, 15) is 0 Å². The molecule has 0 radical (unpaired) electrons. The smallest absolute Gasteiger partial charge is 0.0326 e. The van der Waals surface area contributed by atoms with Crippen LogP contribution < -0.4 is 0 Å². The lowest BCUT2D eigenvalue weighted by molar-refractivity contribution is 0.448. The average molecular weight is 208 g/mol. The summed E-state index contributed by atoms with van der Waals surface area (Å²) >= 11 is 0. The monoisotopic (exact) mass is 208 g/mol. The molecule has 0 aromatic rings. The molecule has 0 aliphatic rings. The lowest BCUT2D eigenvalue weighted by Crippen LogP contribution is -1.95. The second-order valence-electron chi connectivity index (χ2n) is 4.88. The van der Waals surface area contributed by atoms with Crippen molar-refractivity contribution in [3.8, 4) is 0 Å². The lowest BCUT2D eigenvalue weighted by atomic mass is 9.96. The Kier molecular flexibility index (Phi) is 9.67. The third kappa shape index (κ3) is 11.4. The zero-order valence-electron chi connectivity index (χ0n) is 10.7. The molecule has 0 aliphatic carbocycles. The van der Waals surface area contributed by atoms with Crippen molar-refractivity contribution in [3.63, 3.8) is 0 Å². The molecule has 15 heavy (non-hydrogen) atoms. The first-order valence-electron chi connectivity index (χ1n) is 6.42. The minimum Gasteiger partial charge on any atom is -0.103 e. The van der Waals surface area contributed by atoms with Crippen molar-refractivity contribution in [1.82, 2.24) is 0 Å². The van der Waals surface area contributed by atoms with E-state index in [0.717, 1.165) is 5.92 Å². The zero-order valence-corrected chi connectivity index (χ0v) is 10.7. The summed E-state index contributed by atoms with van der Waals surface area (Å²) < 4.78 is 0. The summed E-state index contributed by atoms with van der Waals surface area (Å²) in [6, 6.07) is 0. The fraction of sp³-hybridized carbons (Fsp3) is 0.733. The maximum atomic E-state index is 3.94. The number of hydrogen-bond donors (Lipinski definition) is 0. The first kappa shape index (κ1) is 14.5. The molecule has 0 saturated heterocycles. The standard InChI is InChI=1S/C15H28/c1-5-6-7-8-9-12-15(4)13-10-11-14(2)3/h5,15H,1-2,6-13H2,3-4H3. The maximum Gasteiger partial charge on any atom is -0.0326 e. The fourth-order valence-electron chi connectivity index (χ4n) is 1.85. The van der Waals surface area contributed by atoms with Gasteiger partial charge in [-0.25, -0.2) is 0 Å². The maximum absolute atomic E-state index is 3.94. The molecule has 0 rings (SSSR count). The van der Waals surface area contributed by atoms with Gasteiger partial charge in [0.2, 0.25) is 0 Å². The Morgan fingerprint density at radius 1 is 1.13 bits per heavy atom. The highest BCUT2D eigenvalue weighted by Gasteiger charge is 2.01. The van der Waals surface area contributed by atoms with Gasteiger partial charge in [-0.3, -0.25) is 0 Å². The normalized spacial score (nSPS) is 12.4. The van der Waals surface area contributed by atoms with Crippen LogP contribution in [0.3, 0.4) is 0 Å². The second kappa shape index (κ2) is 10.0. The molecule has 0 aliphatic heterocycles. The minimum absolute atomic E-state index is 0.896. The van der Waals surface area contributed by atoms with E-state index in [-0.39, 0.29) is 0 Å². The van der Waals surface area contributed by atoms with Gasteiger partial charge in [0.05, 0.1) is 0 Å². The van der Waals surface area contributed by atoms with Gasteiger partial charge in [-0.15, -0.1) is 13.2 Å². The molecular weight excluding hydrogens is 180 g/mol. The van der Waals surface area contributed by atoms with E-state index in [1.807, 2.05) is 6.08 Å². The van der Waals surface area contributed by atoms with Crippen LogP contribution in [0.1, 0.15) is 65.2 Å².